The van der Waals surface area contributed by atoms with Crippen molar-refractivity contribution in [3.63, 3.8) is 0 Å². The van der Waals surface area contributed by atoms with Crippen LogP contribution in [-0.4, -0.2) is 35.0 Å². The lowest BCUT2D eigenvalue weighted by atomic mass is 10.0. The Morgan fingerprint density at radius 3 is 2.27 bits per heavy atom. The Morgan fingerprint density at radius 1 is 1.14 bits per heavy atom. The maximum absolute atomic E-state index is 12.3. The molecule has 2 aromatic rings. The topological polar surface area (TPSA) is 70.8 Å². The van der Waals surface area contributed by atoms with Gasteiger partial charge in [0.05, 0.1) is 0 Å². The van der Waals surface area contributed by atoms with Gasteiger partial charge in [-0.3, -0.25) is 4.79 Å². The van der Waals surface area contributed by atoms with Crippen LogP contribution in [0.15, 0.2) is 40.8 Å². The highest BCUT2D eigenvalue weighted by Gasteiger charge is 2.22. The average molecular weight is 301 g/mol. The van der Waals surface area contributed by atoms with Gasteiger partial charge in [0.2, 0.25) is 5.76 Å². The molecule has 5 heteroatoms. The third kappa shape index (κ3) is 3.55. The van der Waals surface area contributed by atoms with E-state index in [-0.39, 0.29) is 23.5 Å². The molecule has 1 atom stereocenters. The van der Waals surface area contributed by atoms with E-state index in [0.29, 0.717) is 0 Å². The number of rotatable bonds is 5. The van der Waals surface area contributed by atoms with E-state index in [1.54, 1.807) is 11.9 Å². The Hall–Kier alpha value is -2.56. The van der Waals surface area contributed by atoms with Crippen molar-refractivity contribution in [2.75, 3.05) is 7.05 Å². The summed E-state index contributed by atoms with van der Waals surface area (Å²) in [5, 5.41) is 8.83. The number of carbonyl (C=O) groups is 2. The molecular weight excluding hydrogens is 282 g/mol. The molecule has 116 valence electrons. The number of nitrogens with zero attached hydrogens (tertiary/aromatic N) is 1. The normalized spacial score (nSPS) is 12.0. The Kier molecular flexibility index (Phi) is 4.65. The van der Waals surface area contributed by atoms with Crippen LogP contribution in [0.3, 0.4) is 0 Å². The smallest absolute Gasteiger partial charge is 0.371 e. The second-order valence-electron chi connectivity index (χ2n) is 5.42. The predicted molar refractivity (Wildman–Crippen MR) is 82.1 cm³/mol. The standard InChI is InChI=1S/C17H19NO4/c1-11-4-6-13(7-5-11)10-12(2)18(3)16(19)14-8-9-15(22-14)17(20)21/h4-9,12H,10H2,1-3H3,(H,20,21)/t12-/m0/s1. The maximum atomic E-state index is 12.3. The van der Waals surface area contributed by atoms with Crippen LogP contribution in [0, 0.1) is 6.92 Å². The van der Waals surface area contributed by atoms with Crippen molar-refractivity contribution in [3.05, 3.63) is 59.0 Å². The zero-order chi connectivity index (χ0) is 16.3. The highest BCUT2D eigenvalue weighted by Crippen LogP contribution is 2.14. The van der Waals surface area contributed by atoms with Gasteiger partial charge in [0.25, 0.3) is 5.91 Å². The molecule has 1 heterocycles. The first kappa shape index (κ1) is 15.8. The lowest BCUT2D eigenvalue weighted by Gasteiger charge is -2.24. The number of carboxylic acid groups (broad SMARTS) is 1. The summed E-state index contributed by atoms with van der Waals surface area (Å²) in [5.74, 6) is -1.71. The molecule has 0 aliphatic carbocycles. The zero-order valence-corrected chi connectivity index (χ0v) is 12.9. The molecule has 0 saturated heterocycles. The minimum atomic E-state index is -1.19. The second kappa shape index (κ2) is 6.47. The van der Waals surface area contributed by atoms with E-state index >= 15 is 0 Å². The molecule has 5 nitrogen and oxygen atoms in total. The van der Waals surface area contributed by atoms with Crippen LogP contribution in [0.1, 0.15) is 39.2 Å². The molecular formula is C17H19NO4. The van der Waals surface area contributed by atoms with Gasteiger partial charge in [0.1, 0.15) is 0 Å². The lowest BCUT2D eigenvalue weighted by molar-refractivity contribution is 0.0647. The van der Waals surface area contributed by atoms with Crippen molar-refractivity contribution in [2.24, 2.45) is 0 Å². The molecule has 0 aliphatic heterocycles. The molecule has 0 spiro atoms. The van der Waals surface area contributed by atoms with E-state index in [9.17, 15) is 9.59 Å². The summed E-state index contributed by atoms with van der Waals surface area (Å²) < 4.78 is 5.05. The molecule has 1 aromatic heterocycles. The van der Waals surface area contributed by atoms with E-state index in [2.05, 4.69) is 0 Å². The number of likely N-dealkylation sites (N-methyl/N-ethyl adjacent to an activating group) is 1. The van der Waals surface area contributed by atoms with Gasteiger partial charge in [-0.15, -0.1) is 0 Å². The molecule has 0 saturated carbocycles. The lowest BCUT2D eigenvalue weighted by Crippen LogP contribution is -2.36. The Morgan fingerprint density at radius 2 is 1.73 bits per heavy atom. The predicted octanol–water partition coefficient (Wildman–Crippen LogP) is 2.99. The Balaban J connectivity index is 2.05. The number of aromatic carboxylic acids is 1. The van der Waals surface area contributed by atoms with Crippen LogP contribution < -0.4 is 0 Å². The fourth-order valence-corrected chi connectivity index (χ4v) is 2.14. The fraction of sp³-hybridized carbons (Fsp3) is 0.294. The second-order valence-corrected chi connectivity index (χ2v) is 5.42. The highest BCUT2D eigenvalue weighted by atomic mass is 16.4. The summed E-state index contributed by atoms with van der Waals surface area (Å²) in [6, 6.07) is 10.8. The summed E-state index contributed by atoms with van der Waals surface area (Å²) in [5.41, 5.74) is 2.33. The van der Waals surface area contributed by atoms with Gasteiger partial charge < -0.3 is 14.4 Å². The van der Waals surface area contributed by atoms with E-state index in [0.717, 1.165) is 12.0 Å². The number of furan rings is 1. The summed E-state index contributed by atoms with van der Waals surface area (Å²) in [6.45, 7) is 3.97. The van der Waals surface area contributed by atoms with Gasteiger partial charge in [-0.1, -0.05) is 29.8 Å². The van der Waals surface area contributed by atoms with Gasteiger partial charge in [0, 0.05) is 13.1 Å². The minimum absolute atomic E-state index is 0.0337. The first-order valence-corrected chi connectivity index (χ1v) is 7.04. The fourth-order valence-electron chi connectivity index (χ4n) is 2.14. The Labute approximate surface area is 129 Å². The van der Waals surface area contributed by atoms with Crippen molar-refractivity contribution in [1.82, 2.24) is 4.90 Å². The third-order valence-corrected chi connectivity index (χ3v) is 3.66. The van der Waals surface area contributed by atoms with E-state index < -0.39 is 5.97 Å². The molecule has 0 fully saturated rings. The van der Waals surface area contributed by atoms with E-state index in [1.165, 1.54) is 17.7 Å². The van der Waals surface area contributed by atoms with Gasteiger partial charge in [0.15, 0.2) is 5.76 Å². The number of amides is 1. The number of benzene rings is 1. The van der Waals surface area contributed by atoms with Crippen molar-refractivity contribution in [3.8, 4) is 0 Å². The van der Waals surface area contributed by atoms with Crippen LogP contribution in [0.5, 0.6) is 0 Å². The first-order valence-electron chi connectivity index (χ1n) is 7.04. The third-order valence-electron chi connectivity index (χ3n) is 3.66. The van der Waals surface area contributed by atoms with E-state index in [4.69, 9.17) is 9.52 Å². The number of hydrogen-bond acceptors (Lipinski definition) is 3. The average Bonchev–Trinajstić information content (AvgIpc) is 2.98. The minimum Gasteiger partial charge on any atom is -0.475 e. The summed E-state index contributed by atoms with van der Waals surface area (Å²) in [4.78, 5) is 24.7. The molecule has 0 bridgehead atoms. The number of hydrogen-bond donors (Lipinski definition) is 1. The summed E-state index contributed by atoms with van der Waals surface area (Å²) in [7, 11) is 1.68. The van der Waals surface area contributed by atoms with Gasteiger partial charge in [-0.05, 0) is 38.0 Å². The molecule has 1 N–H and O–H groups in total. The maximum Gasteiger partial charge on any atom is 0.371 e. The number of carbonyl (C=O) groups excluding carboxylic acids is 1. The van der Waals surface area contributed by atoms with Crippen molar-refractivity contribution >= 4 is 11.9 Å². The van der Waals surface area contributed by atoms with Crippen LogP contribution >= 0.6 is 0 Å². The number of aryl methyl sites for hydroxylation is 1. The van der Waals surface area contributed by atoms with Gasteiger partial charge >= 0.3 is 5.97 Å². The monoisotopic (exact) mass is 301 g/mol. The molecule has 1 amide bonds. The largest absolute Gasteiger partial charge is 0.475 e. The van der Waals surface area contributed by atoms with Crippen LogP contribution in [0.25, 0.3) is 0 Å². The van der Waals surface area contributed by atoms with Crippen LogP contribution in [0.4, 0.5) is 0 Å². The summed E-state index contributed by atoms with van der Waals surface area (Å²) >= 11 is 0. The molecule has 2 rings (SSSR count). The van der Waals surface area contributed by atoms with Gasteiger partial charge in [-0.25, -0.2) is 4.79 Å². The molecule has 1 aromatic carbocycles. The first-order chi connectivity index (χ1) is 10.4. The van der Waals surface area contributed by atoms with E-state index in [1.807, 2.05) is 38.1 Å². The Bertz CT molecular complexity index is 672. The highest BCUT2D eigenvalue weighted by molar-refractivity contribution is 5.93. The molecule has 0 unspecified atom stereocenters. The zero-order valence-electron chi connectivity index (χ0n) is 12.9. The van der Waals surface area contributed by atoms with Crippen molar-refractivity contribution in [1.29, 1.82) is 0 Å². The number of carboxylic acids is 1. The van der Waals surface area contributed by atoms with Gasteiger partial charge in [-0.2, -0.15) is 0 Å². The SMILES string of the molecule is Cc1ccc(C[C@H](C)N(C)C(=O)c2ccc(C(=O)O)o2)cc1. The van der Waals surface area contributed by atoms with Crippen molar-refractivity contribution < 1.29 is 19.1 Å². The quantitative estimate of drug-likeness (QED) is 0.921. The summed E-state index contributed by atoms with van der Waals surface area (Å²) in [6.07, 6.45) is 0.717. The molecule has 0 aliphatic rings. The van der Waals surface area contributed by atoms with Crippen molar-refractivity contribution in [2.45, 2.75) is 26.3 Å². The van der Waals surface area contributed by atoms with Crippen LogP contribution in [-0.2, 0) is 6.42 Å². The molecule has 0 radical (unpaired) electrons. The van der Waals surface area contributed by atoms with Crippen LogP contribution in [0.2, 0.25) is 0 Å². The molecule has 22 heavy (non-hydrogen) atoms.